The molecule has 0 heterocycles. The molecule has 0 atom stereocenters. The summed E-state index contributed by atoms with van der Waals surface area (Å²) < 4.78 is 19.6. The molecule has 0 rings (SSSR count). The lowest BCUT2D eigenvalue weighted by Gasteiger charge is -1.98. The Bertz CT molecular complexity index is 160. The Balaban J connectivity index is 0. The van der Waals surface area contributed by atoms with Crippen LogP contribution < -0.4 is 0 Å². The van der Waals surface area contributed by atoms with E-state index in [0.29, 0.717) is 40.0 Å². The maximum absolute atomic E-state index is 4.90. The van der Waals surface area contributed by atoms with Gasteiger partial charge in [-0.1, -0.05) is 24.3 Å². The van der Waals surface area contributed by atoms with Crippen molar-refractivity contribution < 1.29 is 18.9 Å². The highest BCUT2D eigenvalue weighted by Gasteiger charge is 1.80. The zero-order valence-electron chi connectivity index (χ0n) is 11.0. The first-order chi connectivity index (χ1) is 8.83. The SMILES string of the molecule is C=CCOCOCC=C.C=CCOCOCC=C. The van der Waals surface area contributed by atoms with Gasteiger partial charge in [0.05, 0.1) is 26.4 Å². The zero-order valence-corrected chi connectivity index (χ0v) is 11.0. The fourth-order valence-electron chi connectivity index (χ4n) is 0.644. The normalized spacial score (nSPS) is 8.89. The maximum Gasteiger partial charge on any atom is 0.147 e. The van der Waals surface area contributed by atoms with Crippen molar-refractivity contribution >= 4 is 0 Å². The Labute approximate surface area is 110 Å². The van der Waals surface area contributed by atoms with E-state index in [9.17, 15) is 0 Å². The van der Waals surface area contributed by atoms with Crippen LogP contribution in [-0.2, 0) is 18.9 Å². The average molecular weight is 256 g/mol. The van der Waals surface area contributed by atoms with E-state index in [1.54, 1.807) is 24.3 Å². The zero-order chi connectivity index (χ0) is 13.9. The molecule has 0 aliphatic carbocycles. The van der Waals surface area contributed by atoms with Gasteiger partial charge in [-0.15, -0.1) is 26.3 Å². The highest BCUT2D eigenvalue weighted by Crippen LogP contribution is 1.78. The van der Waals surface area contributed by atoms with Crippen LogP contribution in [0, 0.1) is 0 Å². The first-order valence-corrected chi connectivity index (χ1v) is 5.58. The van der Waals surface area contributed by atoms with E-state index in [1.165, 1.54) is 0 Å². The van der Waals surface area contributed by atoms with Crippen LogP contribution in [0.25, 0.3) is 0 Å². The van der Waals surface area contributed by atoms with E-state index in [2.05, 4.69) is 26.3 Å². The summed E-state index contributed by atoms with van der Waals surface area (Å²) in [6.07, 6.45) is 6.71. The molecule has 0 amide bonds. The molecule has 104 valence electrons. The Hall–Kier alpha value is -1.20. The van der Waals surface area contributed by atoms with E-state index in [-0.39, 0.29) is 0 Å². The van der Waals surface area contributed by atoms with Gasteiger partial charge in [0.1, 0.15) is 13.6 Å². The third-order valence-electron chi connectivity index (χ3n) is 1.28. The fraction of sp³-hybridized carbons (Fsp3) is 0.429. The van der Waals surface area contributed by atoms with Crippen LogP contribution in [0.4, 0.5) is 0 Å². The van der Waals surface area contributed by atoms with E-state index in [0.717, 1.165) is 0 Å². The Kier molecular flexibility index (Phi) is 22.5. The van der Waals surface area contributed by atoms with Crippen LogP contribution in [0.5, 0.6) is 0 Å². The second kappa shape index (κ2) is 21.1. The van der Waals surface area contributed by atoms with Crippen molar-refractivity contribution in [2.45, 2.75) is 0 Å². The molecule has 0 aromatic carbocycles. The van der Waals surface area contributed by atoms with Crippen LogP contribution in [0.1, 0.15) is 0 Å². The molecule has 0 N–H and O–H groups in total. The van der Waals surface area contributed by atoms with Crippen molar-refractivity contribution in [3.05, 3.63) is 50.6 Å². The van der Waals surface area contributed by atoms with Crippen molar-refractivity contribution in [1.29, 1.82) is 0 Å². The fourth-order valence-corrected chi connectivity index (χ4v) is 0.644. The lowest BCUT2D eigenvalue weighted by atomic mass is 10.7. The van der Waals surface area contributed by atoms with Gasteiger partial charge in [0.2, 0.25) is 0 Å². The predicted molar refractivity (Wildman–Crippen MR) is 74.3 cm³/mol. The molecule has 0 aromatic rings. The highest BCUT2D eigenvalue weighted by atomic mass is 16.7. The third kappa shape index (κ3) is 24.2. The molecule has 0 aliphatic rings. The highest BCUT2D eigenvalue weighted by molar-refractivity contribution is 4.65. The summed E-state index contributed by atoms with van der Waals surface area (Å²) in [6.45, 7) is 16.7. The molecule has 0 radical (unpaired) electrons. The number of hydrogen-bond acceptors (Lipinski definition) is 4. The van der Waals surface area contributed by atoms with Gasteiger partial charge in [-0.25, -0.2) is 0 Å². The topological polar surface area (TPSA) is 36.9 Å². The van der Waals surface area contributed by atoms with Crippen LogP contribution in [0.3, 0.4) is 0 Å². The maximum atomic E-state index is 4.90. The lowest BCUT2D eigenvalue weighted by molar-refractivity contribution is -0.0331. The van der Waals surface area contributed by atoms with Gasteiger partial charge >= 0.3 is 0 Å². The predicted octanol–water partition coefficient (Wildman–Crippen LogP) is 2.70. The average Bonchev–Trinajstić information content (AvgIpc) is 2.39. The van der Waals surface area contributed by atoms with Crippen molar-refractivity contribution in [3.63, 3.8) is 0 Å². The summed E-state index contributed by atoms with van der Waals surface area (Å²) in [5.41, 5.74) is 0. The molecule has 0 saturated heterocycles. The summed E-state index contributed by atoms with van der Waals surface area (Å²) in [6, 6.07) is 0. The Morgan fingerprint density at radius 1 is 0.500 bits per heavy atom. The number of hydrogen-bond donors (Lipinski definition) is 0. The van der Waals surface area contributed by atoms with Crippen LogP contribution >= 0.6 is 0 Å². The van der Waals surface area contributed by atoms with Crippen molar-refractivity contribution in [3.8, 4) is 0 Å². The van der Waals surface area contributed by atoms with Crippen LogP contribution in [0.15, 0.2) is 50.6 Å². The minimum absolute atomic E-state index is 0.317. The third-order valence-corrected chi connectivity index (χ3v) is 1.28. The minimum atomic E-state index is 0.317. The molecule has 4 nitrogen and oxygen atoms in total. The smallest absolute Gasteiger partial charge is 0.147 e. The second-order valence-corrected chi connectivity index (χ2v) is 2.87. The quantitative estimate of drug-likeness (QED) is 0.306. The molecule has 0 aliphatic heterocycles. The Morgan fingerprint density at radius 3 is 0.889 bits per heavy atom. The molecular weight excluding hydrogens is 232 g/mol. The standard InChI is InChI=1S/2C7H12O2/c2*1-3-5-8-7-9-6-4-2/h2*3-4H,1-2,5-7H2. The molecule has 0 saturated carbocycles. The molecule has 18 heavy (non-hydrogen) atoms. The van der Waals surface area contributed by atoms with Crippen molar-refractivity contribution in [2.24, 2.45) is 0 Å². The van der Waals surface area contributed by atoms with Gasteiger partial charge in [0.25, 0.3) is 0 Å². The van der Waals surface area contributed by atoms with Gasteiger partial charge < -0.3 is 18.9 Å². The second-order valence-electron chi connectivity index (χ2n) is 2.87. The number of ether oxygens (including phenoxy) is 4. The van der Waals surface area contributed by atoms with Gasteiger partial charge in [-0.05, 0) is 0 Å². The molecule has 4 heteroatoms. The van der Waals surface area contributed by atoms with Crippen molar-refractivity contribution in [2.75, 3.05) is 40.0 Å². The van der Waals surface area contributed by atoms with E-state index >= 15 is 0 Å². The lowest BCUT2D eigenvalue weighted by Crippen LogP contribution is -1.98. The molecule has 0 spiro atoms. The van der Waals surface area contributed by atoms with Gasteiger partial charge in [0.15, 0.2) is 0 Å². The minimum Gasteiger partial charge on any atom is -0.351 e. The van der Waals surface area contributed by atoms with Crippen LogP contribution in [-0.4, -0.2) is 40.0 Å². The summed E-state index contributed by atoms with van der Waals surface area (Å²) in [4.78, 5) is 0. The molecular formula is C14H24O4. The summed E-state index contributed by atoms with van der Waals surface area (Å²) in [5, 5.41) is 0. The van der Waals surface area contributed by atoms with Gasteiger partial charge in [0, 0.05) is 0 Å². The van der Waals surface area contributed by atoms with Crippen molar-refractivity contribution in [1.82, 2.24) is 0 Å². The van der Waals surface area contributed by atoms with Gasteiger partial charge in [-0.2, -0.15) is 0 Å². The molecule has 0 unspecified atom stereocenters. The Morgan fingerprint density at radius 2 is 0.722 bits per heavy atom. The summed E-state index contributed by atoms with van der Waals surface area (Å²) in [7, 11) is 0. The number of rotatable bonds is 12. The first kappa shape index (κ1) is 19.1. The first-order valence-electron chi connectivity index (χ1n) is 5.58. The van der Waals surface area contributed by atoms with E-state index < -0.39 is 0 Å². The summed E-state index contributed by atoms with van der Waals surface area (Å²) >= 11 is 0. The van der Waals surface area contributed by atoms with Gasteiger partial charge in [-0.3, -0.25) is 0 Å². The van der Waals surface area contributed by atoms with Crippen LogP contribution in [0.2, 0.25) is 0 Å². The monoisotopic (exact) mass is 256 g/mol. The largest absolute Gasteiger partial charge is 0.351 e. The molecule has 0 bridgehead atoms. The molecule has 0 fully saturated rings. The molecule has 0 aromatic heterocycles. The van der Waals surface area contributed by atoms with E-state index in [4.69, 9.17) is 18.9 Å². The van der Waals surface area contributed by atoms with E-state index in [1.807, 2.05) is 0 Å². The summed E-state index contributed by atoms with van der Waals surface area (Å²) in [5.74, 6) is 0.